The molecule has 0 amide bonds. The molecule has 2 unspecified atom stereocenters. The van der Waals surface area contributed by atoms with Crippen LogP contribution >= 0.6 is 11.3 Å². The van der Waals surface area contributed by atoms with Crippen LogP contribution in [0.15, 0.2) is 46.8 Å². The fourth-order valence-corrected chi connectivity index (χ4v) is 5.54. The number of benzene rings is 1. The zero-order chi connectivity index (χ0) is 22.1. The number of nitrogens with zero attached hydrogens (tertiary/aromatic N) is 3. The summed E-state index contributed by atoms with van der Waals surface area (Å²) in [5, 5.41) is 9.30. The number of guanidine groups is 1. The molecule has 3 rings (SSSR count). The molecule has 2 aromatic rings. The van der Waals surface area contributed by atoms with Crippen LogP contribution in [0, 0.1) is 5.92 Å². The highest BCUT2D eigenvalue weighted by Gasteiger charge is 2.31. The van der Waals surface area contributed by atoms with Crippen molar-refractivity contribution in [1.82, 2.24) is 20.4 Å². The van der Waals surface area contributed by atoms with Crippen molar-refractivity contribution < 1.29 is 0 Å². The Morgan fingerprint density at radius 3 is 2.68 bits per heavy atom. The predicted octanol–water partition coefficient (Wildman–Crippen LogP) is 4.34. The van der Waals surface area contributed by atoms with Crippen LogP contribution in [-0.4, -0.2) is 56.0 Å². The number of nitrogens with one attached hydrogen (secondary N) is 2. The van der Waals surface area contributed by atoms with Gasteiger partial charge in [0, 0.05) is 37.6 Å². The second kappa shape index (κ2) is 12.2. The molecule has 6 heteroatoms. The molecule has 1 aliphatic heterocycles. The van der Waals surface area contributed by atoms with Crippen molar-refractivity contribution in [2.24, 2.45) is 10.9 Å². The Balaban J connectivity index is 1.54. The summed E-state index contributed by atoms with van der Waals surface area (Å²) in [4.78, 5) is 10.9. The normalized spacial score (nSPS) is 20.2. The second-order valence-corrected chi connectivity index (χ2v) is 9.41. The van der Waals surface area contributed by atoms with Gasteiger partial charge in [-0.05, 0) is 68.0 Å². The summed E-state index contributed by atoms with van der Waals surface area (Å²) in [5.74, 6) is 1.47. The summed E-state index contributed by atoms with van der Waals surface area (Å²) >= 11 is 1.87. The molecular weight excluding hydrogens is 402 g/mol. The van der Waals surface area contributed by atoms with Crippen molar-refractivity contribution in [2.45, 2.75) is 45.8 Å². The van der Waals surface area contributed by atoms with E-state index in [2.05, 4.69) is 88.1 Å². The Morgan fingerprint density at radius 1 is 1.16 bits per heavy atom. The van der Waals surface area contributed by atoms with Gasteiger partial charge in [-0.2, -0.15) is 0 Å². The van der Waals surface area contributed by atoms with Gasteiger partial charge in [0.05, 0.1) is 0 Å². The molecule has 1 aromatic heterocycles. The fourth-order valence-electron chi connectivity index (χ4n) is 4.56. The monoisotopic (exact) mass is 441 g/mol. The second-order valence-electron chi connectivity index (χ2n) is 8.43. The van der Waals surface area contributed by atoms with Crippen molar-refractivity contribution in [2.75, 3.05) is 40.3 Å². The molecule has 1 aromatic carbocycles. The standard InChI is InChI=1S/C25H39N5S/c1-5-30(6-2)19-21-11-7-10-20(16-21)17-27-25(26-3)28-18-22-12-8-14-29(4)24(22)23-13-9-15-31-23/h7,9-11,13,15-16,22,24H,5-6,8,12,14,17-19H2,1-4H3,(H2,26,27,28). The maximum absolute atomic E-state index is 4.47. The van der Waals surface area contributed by atoms with Gasteiger partial charge in [-0.15, -0.1) is 11.3 Å². The van der Waals surface area contributed by atoms with E-state index in [-0.39, 0.29) is 0 Å². The summed E-state index contributed by atoms with van der Waals surface area (Å²) < 4.78 is 0. The lowest BCUT2D eigenvalue weighted by molar-refractivity contribution is 0.125. The first-order valence-corrected chi connectivity index (χ1v) is 12.5. The number of aliphatic imine (C=N–C) groups is 1. The molecule has 2 N–H and O–H groups in total. The highest BCUT2D eigenvalue weighted by Crippen LogP contribution is 2.36. The molecule has 2 heterocycles. The predicted molar refractivity (Wildman–Crippen MR) is 134 cm³/mol. The van der Waals surface area contributed by atoms with E-state index in [0.717, 1.165) is 38.7 Å². The van der Waals surface area contributed by atoms with Crippen molar-refractivity contribution >= 4 is 17.3 Å². The molecule has 0 radical (unpaired) electrons. The van der Waals surface area contributed by atoms with Gasteiger partial charge >= 0.3 is 0 Å². The fraction of sp³-hybridized carbons (Fsp3) is 0.560. The third-order valence-electron chi connectivity index (χ3n) is 6.35. The van der Waals surface area contributed by atoms with E-state index in [4.69, 9.17) is 0 Å². The number of rotatable bonds is 9. The molecule has 0 bridgehead atoms. The Morgan fingerprint density at radius 2 is 1.97 bits per heavy atom. The van der Waals surface area contributed by atoms with Gasteiger partial charge in [0.2, 0.25) is 0 Å². The number of hydrogen-bond acceptors (Lipinski definition) is 4. The van der Waals surface area contributed by atoms with Crippen LogP contribution in [-0.2, 0) is 13.1 Å². The Labute approximate surface area is 192 Å². The lowest BCUT2D eigenvalue weighted by atomic mass is 9.88. The van der Waals surface area contributed by atoms with Crippen molar-refractivity contribution in [3.63, 3.8) is 0 Å². The molecule has 2 atom stereocenters. The van der Waals surface area contributed by atoms with Crippen LogP contribution in [0.2, 0.25) is 0 Å². The van der Waals surface area contributed by atoms with Gasteiger partial charge in [0.15, 0.2) is 5.96 Å². The highest BCUT2D eigenvalue weighted by molar-refractivity contribution is 7.10. The molecule has 0 spiro atoms. The van der Waals surface area contributed by atoms with E-state index in [0.29, 0.717) is 12.0 Å². The van der Waals surface area contributed by atoms with Gasteiger partial charge in [-0.1, -0.05) is 44.2 Å². The van der Waals surface area contributed by atoms with E-state index in [9.17, 15) is 0 Å². The summed E-state index contributed by atoms with van der Waals surface area (Å²) in [6, 6.07) is 13.8. The van der Waals surface area contributed by atoms with E-state index in [1.54, 1.807) is 0 Å². The van der Waals surface area contributed by atoms with Gasteiger partial charge in [0.25, 0.3) is 0 Å². The number of piperidine rings is 1. The van der Waals surface area contributed by atoms with Crippen LogP contribution in [0.25, 0.3) is 0 Å². The average molecular weight is 442 g/mol. The lowest BCUT2D eigenvalue weighted by Gasteiger charge is -2.39. The third-order valence-corrected chi connectivity index (χ3v) is 7.29. The Hall–Kier alpha value is -1.89. The smallest absolute Gasteiger partial charge is 0.191 e. The average Bonchev–Trinajstić information content (AvgIpc) is 3.32. The zero-order valence-corrected chi connectivity index (χ0v) is 20.4. The quantitative estimate of drug-likeness (QED) is 0.449. The Bertz CT molecular complexity index is 800. The maximum Gasteiger partial charge on any atom is 0.191 e. The molecule has 1 fully saturated rings. The van der Waals surface area contributed by atoms with Gasteiger partial charge in [0.1, 0.15) is 0 Å². The van der Waals surface area contributed by atoms with E-state index in [1.807, 2.05) is 18.4 Å². The lowest BCUT2D eigenvalue weighted by Crippen LogP contribution is -2.44. The summed E-state index contributed by atoms with van der Waals surface area (Å²) in [7, 11) is 4.12. The van der Waals surface area contributed by atoms with Crippen LogP contribution in [0.5, 0.6) is 0 Å². The van der Waals surface area contributed by atoms with Gasteiger partial charge in [-0.25, -0.2) is 0 Å². The first-order valence-electron chi connectivity index (χ1n) is 11.6. The van der Waals surface area contributed by atoms with Crippen molar-refractivity contribution in [1.29, 1.82) is 0 Å². The van der Waals surface area contributed by atoms with Crippen LogP contribution in [0.1, 0.15) is 48.7 Å². The van der Waals surface area contributed by atoms with Crippen molar-refractivity contribution in [3.8, 4) is 0 Å². The first kappa shape index (κ1) is 23.8. The highest BCUT2D eigenvalue weighted by atomic mass is 32.1. The largest absolute Gasteiger partial charge is 0.356 e. The summed E-state index contributed by atoms with van der Waals surface area (Å²) in [5.41, 5.74) is 2.66. The van der Waals surface area contributed by atoms with E-state index < -0.39 is 0 Å². The minimum Gasteiger partial charge on any atom is -0.356 e. The number of likely N-dealkylation sites (tertiary alicyclic amines) is 1. The molecule has 0 aliphatic carbocycles. The third kappa shape index (κ3) is 6.79. The minimum absolute atomic E-state index is 0.496. The van der Waals surface area contributed by atoms with Gasteiger partial charge < -0.3 is 10.6 Å². The van der Waals surface area contributed by atoms with Gasteiger partial charge in [-0.3, -0.25) is 14.8 Å². The minimum atomic E-state index is 0.496. The van der Waals surface area contributed by atoms with Crippen molar-refractivity contribution in [3.05, 3.63) is 57.8 Å². The molecule has 170 valence electrons. The SMILES string of the molecule is CCN(CC)Cc1cccc(CNC(=NC)NCC2CCCN(C)C2c2cccs2)c1. The summed E-state index contributed by atoms with van der Waals surface area (Å²) in [6.45, 7) is 10.5. The summed E-state index contributed by atoms with van der Waals surface area (Å²) in [6.07, 6.45) is 2.51. The molecular formula is C25H39N5S. The van der Waals surface area contributed by atoms with E-state index >= 15 is 0 Å². The molecule has 1 aliphatic rings. The number of hydrogen-bond donors (Lipinski definition) is 2. The van der Waals surface area contributed by atoms with Crippen LogP contribution < -0.4 is 10.6 Å². The van der Waals surface area contributed by atoms with Crippen LogP contribution in [0.3, 0.4) is 0 Å². The molecule has 5 nitrogen and oxygen atoms in total. The number of thiophene rings is 1. The molecule has 1 saturated heterocycles. The first-order chi connectivity index (χ1) is 15.1. The molecule has 31 heavy (non-hydrogen) atoms. The Kier molecular flexibility index (Phi) is 9.37. The van der Waals surface area contributed by atoms with E-state index in [1.165, 1.54) is 35.4 Å². The zero-order valence-electron chi connectivity index (χ0n) is 19.6. The molecule has 0 saturated carbocycles. The van der Waals surface area contributed by atoms with Crippen LogP contribution in [0.4, 0.5) is 0 Å². The maximum atomic E-state index is 4.47. The topological polar surface area (TPSA) is 42.9 Å².